The van der Waals surface area contributed by atoms with Crippen LogP contribution in [-0.2, 0) is 4.79 Å². The Morgan fingerprint density at radius 2 is 1.74 bits per heavy atom. The maximum atomic E-state index is 11.4. The van der Waals surface area contributed by atoms with Crippen LogP contribution in [0.25, 0.3) is 11.6 Å². The molecule has 0 amide bonds. The van der Waals surface area contributed by atoms with E-state index in [0.29, 0.717) is 21.2 Å². The van der Waals surface area contributed by atoms with E-state index >= 15 is 0 Å². The molecule has 2 nitrogen and oxygen atoms in total. The molecule has 0 aliphatic rings. The van der Waals surface area contributed by atoms with Crippen LogP contribution in [0.5, 0.6) is 0 Å². The van der Waals surface area contributed by atoms with E-state index in [2.05, 4.69) is 0 Å². The quantitative estimate of drug-likeness (QED) is 0.662. The van der Waals surface area contributed by atoms with E-state index in [1.54, 1.807) is 42.5 Å². The molecule has 19 heavy (non-hydrogen) atoms. The third-order valence-corrected chi connectivity index (χ3v) is 3.15. The molecule has 2 rings (SSSR count). The highest BCUT2D eigenvalue weighted by molar-refractivity contribution is 6.35. The van der Waals surface area contributed by atoms with Crippen molar-refractivity contribution in [2.75, 3.05) is 0 Å². The number of carbonyl (C=O) groups is 1. The molecular formula is C15H10Cl2O2. The first-order chi connectivity index (χ1) is 9.08. The predicted octanol–water partition coefficient (Wildman–Crippen LogP) is 4.62. The highest BCUT2D eigenvalue weighted by atomic mass is 35.5. The molecule has 0 aliphatic heterocycles. The van der Waals surface area contributed by atoms with Gasteiger partial charge in [0.2, 0.25) is 0 Å². The van der Waals surface area contributed by atoms with Gasteiger partial charge >= 0.3 is 5.97 Å². The molecule has 2 aromatic rings. The zero-order chi connectivity index (χ0) is 13.8. The van der Waals surface area contributed by atoms with Crippen molar-refractivity contribution in [2.45, 2.75) is 0 Å². The largest absolute Gasteiger partial charge is 0.478 e. The summed E-state index contributed by atoms with van der Waals surface area (Å²) in [6.07, 6.45) is 1.52. The first-order valence-corrected chi connectivity index (χ1v) is 6.29. The van der Waals surface area contributed by atoms with Gasteiger partial charge in [0, 0.05) is 10.0 Å². The summed E-state index contributed by atoms with van der Waals surface area (Å²) in [4.78, 5) is 11.4. The fraction of sp³-hybridized carbons (Fsp3) is 0. The zero-order valence-electron chi connectivity index (χ0n) is 9.81. The van der Waals surface area contributed by atoms with E-state index in [1.165, 1.54) is 6.08 Å². The van der Waals surface area contributed by atoms with Gasteiger partial charge in [0.05, 0.1) is 5.57 Å². The van der Waals surface area contributed by atoms with Crippen molar-refractivity contribution in [1.29, 1.82) is 0 Å². The Labute approximate surface area is 120 Å². The standard InChI is InChI=1S/C15H10Cl2O2/c16-12-6-7-14(17)11(8-12)9-13(15(18)19)10-4-2-1-3-5-10/h1-9H,(H,18,19)/b13-9+. The monoisotopic (exact) mass is 292 g/mol. The summed E-state index contributed by atoms with van der Waals surface area (Å²) in [6.45, 7) is 0. The van der Waals surface area contributed by atoms with E-state index in [0.717, 1.165) is 0 Å². The second kappa shape index (κ2) is 5.91. The molecule has 2 aromatic carbocycles. The average molecular weight is 293 g/mol. The second-order valence-electron chi connectivity index (χ2n) is 3.90. The number of hydrogen-bond acceptors (Lipinski definition) is 1. The first-order valence-electron chi connectivity index (χ1n) is 5.53. The lowest BCUT2D eigenvalue weighted by Gasteiger charge is -2.04. The average Bonchev–Trinajstić information content (AvgIpc) is 2.40. The summed E-state index contributed by atoms with van der Waals surface area (Å²) in [7, 11) is 0. The van der Waals surface area contributed by atoms with E-state index in [-0.39, 0.29) is 5.57 Å². The van der Waals surface area contributed by atoms with Gasteiger partial charge in [-0.3, -0.25) is 0 Å². The smallest absolute Gasteiger partial charge is 0.336 e. The van der Waals surface area contributed by atoms with Gasteiger partial charge in [-0.25, -0.2) is 4.79 Å². The molecule has 1 N–H and O–H groups in total. The van der Waals surface area contributed by atoms with Crippen LogP contribution in [0.2, 0.25) is 10.0 Å². The normalized spacial score (nSPS) is 11.4. The number of carboxylic acids is 1. The molecule has 0 spiro atoms. The van der Waals surface area contributed by atoms with Gasteiger partial charge in [0.1, 0.15) is 0 Å². The lowest BCUT2D eigenvalue weighted by Crippen LogP contribution is -1.99. The van der Waals surface area contributed by atoms with Gasteiger partial charge in [-0.2, -0.15) is 0 Å². The van der Waals surface area contributed by atoms with E-state index in [1.807, 2.05) is 6.07 Å². The maximum Gasteiger partial charge on any atom is 0.336 e. The Balaban J connectivity index is 2.54. The molecular weight excluding hydrogens is 283 g/mol. The minimum atomic E-state index is -1.01. The summed E-state index contributed by atoms with van der Waals surface area (Å²) in [6, 6.07) is 13.8. The summed E-state index contributed by atoms with van der Waals surface area (Å²) in [5.41, 5.74) is 1.37. The molecule has 96 valence electrons. The van der Waals surface area contributed by atoms with E-state index in [9.17, 15) is 9.90 Å². The summed E-state index contributed by atoms with van der Waals surface area (Å²) in [5, 5.41) is 10.3. The predicted molar refractivity (Wildman–Crippen MR) is 78.4 cm³/mol. The Bertz CT molecular complexity index is 634. The fourth-order valence-electron chi connectivity index (χ4n) is 1.67. The third-order valence-electron chi connectivity index (χ3n) is 2.57. The lowest BCUT2D eigenvalue weighted by molar-refractivity contribution is -0.130. The lowest BCUT2D eigenvalue weighted by atomic mass is 10.0. The number of hydrogen-bond donors (Lipinski definition) is 1. The van der Waals surface area contributed by atoms with Crippen LogP contribution in [0.15, 0.2) is 48.5 Å². The third kappa shape index (κ3) is 3.37. The first kappa shape index (κ1) is 13.7. The van der Waals surface area contributed by atoms with Crippen LogP contribution in [-0.4, -0.2) is 11.1 Å². The minimum Gasteiger partial charge on any atom is -0.478 e. The Hall–Kier alpha value is -1.77. The maximum absolute atomic E-state index is 11.4. The van der Waals surface area contributed by atoms with Crippen molar-refractivity contribution < 1.29 is 9.90 Å². The molecule has 0 heterocycles. The van der Waals surface area contributed by atoms with Crippen molar-refractivity contribution in [2.24, 2.45) is 0 Å². The minimum absolute atomic E-state index is 0.171. The molecule has 0 aliphatic carbocycles. The number of carboxylic acid groups (broad SMARTS) is 1. The van der Waals surface area contributed by atoms with Crippen LogP contribution in [0, 0.1) is 0 Å². The van der Waals surface area contributed by atoms with Crippen molar-refractivity contribution in [3.05, 3.63) is 69.7 Å². The molecule has 0 saturated carbocycles. The van der Waals surface area contributed by atoms with Gasteiger partial charge in [0.15, 0.2) is 0 Å². The molecule has 0 bridgehead atoms. The van der Waals surface area contributed by atoms with Crippen LogP contribution < -0.4 is 0 Å². The van der Waals surface area contributed by atoms with E-state index < -0.39 is 5.97 Å². The number of benzene rings is 2. The van der Waals surface area contributed by atoms with Crippen molar-refractivity contribution >= 4 is 40.8 Å². The Kier molecular flexibility index (Phi) is 4.25. The summed E-state index contributed by atoms with van der Waals surface area (Å²) < 4.78 is 0. The van der Waals surface area contributed by atoms with Gasteiger partial charge in [0.25, 0.3) is 0 Å². The van der Waals surface area contributed by atoms with Crippen LogP contribution in [0.1, 0.15) is 11.1 Å². The van der Waals surface area contributed by atoms with Crippen molar-refractivity contribution in [3.63, 3.8) is 0 Å². The molecule has 0 saturated heterocycles. The second-order valence-corrected chi connectivity index (χ2v) is 4.74. The van der Waals surface area contributed by atoms with Crippen LogP contribution >= 0.6 is 23.2 Å². The Morgan fingerprint density at radius 3 is 2.37 bits per heavy atom. The van der Waals surface area contributed by atoms with Crippen molar-refractivity contribution in [3.8, 4) is 0 Å². The van der Waals surface area contributed by atoms with E-state index in [4.69, 9.17) is 23.2 Å². The molecule has 4 heteroatoms. The molecule has 0 atom stereocenters. The SMILES string of the molecule is O=C(O)/C(=C/c1cc(Cl)ccc1Cl)c1ccccc1. The highest BCUT2D eigenvalue weighted by Crippen LogP contribution is 2.26. The summed E-state index contributed by atoms with van der Waals surface area (Å²) in [5.74, 6) is -1.01. The van der Waals surface area contributed by atoms with Gasteiger partial charge in [-0.05, 0) is 35.4 Å². The van der Waals surface area contributed by atoms with Gasteiger partial charge in [-0.1, -0.05) is 53.5 Å². The molecule has 0 unspecified atom stereocenters. The Morgan fingerprint density at radius 1 is 1.05 bits per heavy atom. The van der Waals surface area contributed by atoms with Gasteiger partial charge in [-0.15, -0.1) is 0 Å². The zero-order valence-corrected chi connectivity index (χ0v) is 11.3. The van der Waals surface area contributed by atoms with Crippen LogP contribution in [0.4, 0.5) is 0 Å². The highest BCUT2D eigenvalue weighted by Gasteiger charge is 2.11. The number of rotatable bonds is 3. The topological polar surface area (TPSA) is 37.3 Å². The summed E-state index contributed by atoms with van der Waals surface area (Å²) >= 11 is 11.9. The number of halogens is 2. The molecule has 0 radical (unpaired) electrons. The molecule has 0 aromatic heterocycles. The van der Waals surface area contributed by atoms with Crippen LogP contribution in [0.3, 0.4) is 0 Å². The number of aliphatic carboxylic acids is 1. The van der Waals surface area contributed by atoms with Gasteiger partial charge < -0.3 is 5.11 Å². The van der Waals surface area contributed by atoms with Crippen molar-refractivity contribution in [1.82, 2.24) is 0 Å². The fourth-order valence-corrected chi connectivity index (χ4v) is 2.02. The molecule has 0 fully saturated rings.